The van der Waals surface area contributed by atoms with Crippen molar-refractivity contribution in [1.29, 1.82) is 0 Å². The van der Waals surface area contributed by atoms with E-state index in [2.05, 4.69) is 25.7 Å². The van der Waals surface area contributed by atoms with Crippen LogP contribution in [0.25, 0.3) is 0 Å². The Morgan fingerprint density at radius 3 is 0.950 bits per heavy atom. The Hall–Kier alpha value is 0.886. The minimum absolute atomic E-state index is 0. The van der Waals surface area contributed by atoms with E-state index < -0.39 is 0 Å². The minimum atomic E-state index is 0. The maximum absolute atomic E-state index is 8.48. The Kier molecular flexibility index (Phi) is 46.0. The molecule has 0 aromatic heterocycles. The van der Waals surface area contributed by atoms with Gasteiger partial charge in [-0.25, -0.2) is 0 Å². The van der Waals surface area contributed by atoms with Gasteiger partial charge in [0.15, 0.2) is 0 Å². The van der Waals surface area contributed by atoms with Gasteiger partial charge in [0, 0.05) is 19.6 Å². The van der Waals surface area contributed by atoms with E-state index in [-0.39, 0.29) is 61.4 Å². The van der Waals surface area contributed by atoms with Gasteiger partial charge in [-0.2, -0.15) is 0 Å². The molecule has 0 atom stereocenters. The van der Waals surface area contributed by atoms with Gasteiger partial charge in [-0.15, -0.1) is 0 Å². The third kappa shape index (κ3) is 23.9. The van der Waals surface area contributed by atoms with Crippen molar-refractivity contribution in [3.8, 4) is 0 Å². The first-order valence-corrected chi connectivity index (χ1v) is 6.47. The Morgan fingerprint density at radius 2 is 0.850 bits per heavy atom. The smallest absolute Gasteiger partial charge is 1.00 e. The quantitative estimate of drug-likeness (QED) is 0.372. The monoisotopic (exact) mass is 379 g/mol. The van der Waals surface area contributed by atoms with Crippen LogP contribution < -0.4 is 24.8 Å². The Labute approximate surface area is 146 Å². The fourth-order valence-electron chi connectivity index (χ4n) is 1.43. The molecule has 3 N–H and O–H groups in total. The molecule has 0 bridgehead atoms. The van der Waals surface area contributed by atoms with E-state index in [0.717, 1.165) is 0 Å². The molecule has 0 aliphatic carbocycles. The molecule has 8 heteroatoms. The van der Waals surface area contributed by atoms with Crippen LogP contribution in [0.1, 0.15) is 20.8 Å². The van der Waals surface area contributed by atoms with Crippen LogP contribution in [-0.4, -0.2) is 84.2 Å². The van der Waals surface area contributed by atoms with Crippen molar-refractivity contribution >= 4 is 0 Å². The van der Waals surface area contributed by atoms with Crippen molar-refractivity contribution in [2.45, 2.75) is 20.8 Å². The predicted octanol–water partition coefficient (Wildman–Crippen LogP) is -6.38. The van der Waals surface area contributed by atoms with Crippen LogP contribution >= 0.6 is 0 Å². The number of aliphatic hydroxyl groups is 3. The maximum atomic E-state index is 8.48. The van der Waals surface area contributed by atoms with Crippen LogP contribution in [0.3, 0.4) is 0 Å². The molecule has 0 heterocycles. The average molecular weight is 380 g/mol. The Balaban J connectivity index is -0.0000000681. The van der Waals surface area contributed by atoms with Gasteiger partial charge in [0.1, 0.15) is 0 Å². The van der Waals surface area contributed by atoms with Gasteiger partial charge in [-0.3, -0.25) is 4.90 Å². The summed E-state index contributed by atoms with van der Waals surface area (Å²) in [5, 5.41) is 25.5. The number of halogens is 2. The van der Waals surface area contributed by atoms with Crippen LogP contribution in [0.4, 0.5) is 0 Å². The van der Waals surface area contributed by atoms with Crippen molar-refractivity contribution < 1.29 is 56.9 Å². The zero-order chi connectivity index (χ0) is 13.5. The van der Waals surface area contributed by atoms with Crippen molar-refractivity contribution in [3.05, 3.63) is 0 Å². The van der Waals surface area contributed by atoms with E-state index in [1.807, 2.05) is 0 Å². The molecular formula is C12H30Cl2CoN2O3. The maximum Gasteiger partial charge on any atom is 2.00 e. The fourth-order valence-corrected chi connectivity index (χ4v) is 1.43. The molecule has 0 spiro atoms. The SMILES string of the molecule is CCN(CC)CC.OCCN(CCO)CCO.[Cl-].[Cl-].[Co+2]. The summed E-state index contributed by atoms with van der Waals surface area (Å²) in [5.41, 5.74) is 0. The Bertz CT molecular complexity index is 128. The van der Waals surface area contributed by atoms with Gasteiger partial charge >= 0.3 is 16.8 Å². The van der Waals surface area contributed by atoms with E-state index in [9.17, 15) is 0 Å². The van der Waals surface area contributed by atoms with E-state index in [1.165, 1.54) is 19.6 Å². The average Bonchev–Trinajstić information content (AvgIpc) is 2.33. The predicted molar refractivity (Wildman–Crippen MR) is 71.2 cm³/mol. The number of rotatable bonds is 9. The molecule has 5 nitrogen and oxygen atoms in total. The normalized spacial score (nSPS) is 9.00. The van der Waals surface area contributed by atoms with E-state index in [4.69, 9.17) is 15.3 Å². The summed E-state index contributed by atoms with van der Waals surface area (Å²) < 4.78 is 0. The fraction of sp³-hybridized carbons (Fsp3) is 1.00. The molecule has 0 fully saturated rings. The standard InChI is InChI=1S/C6H15NO3.C6H15N.2ClH.Co/c8-4-1-7(2-5-9)3-6-10;1-4-7(5-2)6-3;;;/h8-10H,1-6H2;4-6H2,1-3H3;2*1H;/q;;;;+2/p-2. The molecule has 0 aromatic carbocycles. The van der Waals surface area contributed by atoms with Gasteiger partial charge < -0.3 is 45.0 Å². The number of hydrogen-bond donors (Lipinski definition) is 3. The molecular weight excluding hydrogens is 350 g/mol. The molecule has 0 saturated carbocycles. The van der Waals surface area contributed by atoms with Crippen molar-refractivity contribution in [2.24, 2.45) is 0 Å². The zero-order valence-electron chi connectivity index (χ0n) is 12.7. The van der Waals surface area contributed by atoms with Crippen LogP contribution in [0.15, 0.2) is 0 Å². The second-order valence-electron chi connectivity index (χ2n) is 3.63. The number of hydrogen-bond acceptors (Lipinski definition) is 5. The van der Waals surface area contributed by atoms with Gasteiger partial charge in [0.25, 0.3) is 0 Å². The minimum Gasteiger partial charge on any atom is -1.00 e. The molecule has 0 aromatic rings. The summed E-state index contributed by atoms with van der Waals surface area (Å²) in [5.74, 6) is 0. The summed E-state index contributed by atoms with van der Waals surface area (Å²) in [7, 11) is 0. The third-order valence-electron chi connectivity index (χ3n) is 2.59. The molecule has 1 radical (unpaired) electrons. The first-order valence-electron chi connectivity index (χ1n) is 6.47. The third-order valence-corrected chi connectivity index (χ3v) is 2.59. The second-order valence-corrected chi connectivity index (χ2v) is 3.63. The van der Waals surface area contributed by atoms with Gasteiger partial charge in [0.05, 0.1) is 19.8 Å². The summed E-state index contributed by atoms with van der Waals surface area (Å²) in [4.78, 5) is 4.17. The van der Waals surface area contributed by atoms with Crippen molar-refractivity contribution in [1.82, 2.24) is 9.80 Å². The summed E-state index contributed by atoms with van der Waals surface area (Å²) in [6.07, 6.45) is 0. The summed E-state index contributed by atoms with van der Waals surface area (Å²) in [6, 6.07) is 0. The van der Waals surface area contributed by atoms with Gasteiger partial charge in [-0.1, -0.05) is 20.8 Å². The molecule has 129 valence electrons. The largest absolute Gasteiger partial charge is 2.00 e. The second kappa shape index (κ2) is 28.1. The molecule has 0 aliphatic heterocycles. The van der Waals surface area contributed by atoms with Crippen molar-refractivity contribution in [3.63, 3.8) is 0 Å². The summed E-state index contributed by atoms with van der Waals surface area (Å²) >= 11 is 0. The number of aliphatic hydroxyl groups excluding tert-OH is 3. The molecule has 0 aliphatic rings. The van der Waals surface area contributed by atoms with Gasteiger partial charge in [0.2, 0.25) is 0 Å². The zero-order valence-corrected chi connectivity index (χ0v) is 15.2. The molecule has 0 amide bonds. The molecule has 0 unspecified atom stereocenters. The first-order chi connectivity index (χ1) is 8.19. The molecule has 20 heavy (non-hydrogen) atoms. The van der Waals surface area contributed by atoms with Crippen molar-refractivity contribution in [2.75, 3.05) is 59.1 Å². The molecule has 0 rings (SSSR count). The van der Waals surface area contributed by atoms with Gasteiger partial charge in [-0.05, 0) is 19.6 Å². The van der Waals surface area contributed by atoms with E-state index in [0.29, 0.717) is 19.6 Å². The van der Waals surface area contributed by atoms with Crippen LogP contribution in [0.2, 0.25) is 0 Å². The molecule has 0 saturated heterocycles. The van der Waals surface area contributed by atoms with Crippen LogP contribution in [-0.2, 0) is 16.8 Å². The number of nitrogens with zero attached hydrogens (tertiary/aromatic N) is 2. The topological polar surface area (TPSA) is 67.2 Å². The first kappa shape index (κ1) is 32.7. The van der Waals surface area contributed by atoms with Crippen LogP contribution in [0.5, 0.6) is 0 Å². The van der Waals surface area contributed by atoms with E-state index in [1.54, 1.807) is 4.90 Å². The summed E-state index contributed by atoms with van der Waals surface area (Å²) in [6.45, 7) is 11.9. The Morgan fingerprint density at radius 1 is 0.600 bits per heavy atom. The van der Waals surface area contributed by atoms with E-state index >= 15 is 0 Å². The van der Waals surface area contributed by atoms with Crippen LogP contribution in [0, 0.1) is 0 Å².